The Balaban J connectivity index is 1.88. The second-order valence-electron chi connectivity index (χ2n) is 6.90. The molecule has 0 saturated heterocycles. The molecule has 2 aliphatic heterocycles. The molecule has 8 nitrogen and oxygen atoms in total. The molecule has 164 valence electrons. The van der Waals surface area contributed by atoms with Gasteiger partial charge in [-0.15, -0.1) is 0 Å². The van der Waals surface area contributed by atoms with Crippen LogP contribution in [0.2, 0.25) is 0 Å². The van der Waals surface area contributed by atoms with Crippen molar-refractivity contribution in [2.24, 2.45) is 5.92 Å². The Kier molecular flexibility index (Phi) is 7.25. The molecule has 2 unspecified atom stereocenters. The maximum Gasteiger partial charge on any atom is 0.344 e. The number of methoxy groups -OCH3 is 2. The van der Waals surface area contributed by atoms with Gasteiger partial charge in [-0.3, -0.25) is 4.79 Å². The Morgan fingerprint density at radius 1 is 1.39 bits per heavy atom. The fourth-order valence-electron chi connectivity index (χ4n) is 3.73. The number of thioether (sulfide) groups is 1. The second kappa shape index (κ2) is 9.90. The van der Waals surface area contributed by atoms with E-state index in [4.69, 9.17) is 14.2 Å². The van der Waals surface area contributed by atoms with E-state index in [0.717, 1.165) is 17.0 Å². The number of esters is 1. The lowest BCUT2D eigenvalue weighted by molar-refractivity contribution is -0.149. The summed E-state index contributed by atoms with van der Waals surface area (Å²) in [7, 11) is 3.05. The highest BCUT2D eigenvalue weighted by Crippen LogP contribution is 2.51. The average molecular weight is 444 g/mol. The molecule has 31 heavy (non-hydrogen) atoms. The number of nitrogens with zero attached hydrogens (tertiary/aromatic N) is 1. The Morgan fingerprint density at radius 3 is 2.87 bits per heavy atom. The number of rotatable bonds is 7. The highest BCUT2D eigenvalue weighted by molar-refractivity contribution is 8.05. The van der Waals surface area contributed by atoms with Gasteiger partial charge in [0, 0.05) is 23.1 Å². The predicted molar refractivity (Wildman–Crippen MR) is 117 cm³/mol. The lowest BCUT2D eigenvalue weighted by Gasteiger charge is -2.30. The van der Waals surface area contributed by atoms with Gasteiger partial charge in [-0.05, 0) is 37.6 Å². The first-order valence-corrected chi connectivity index (χ1v) is 10.7. The first-order chi connectivity index (χ1) is 15.0. The molecule has 2 heterocycles. The van der Waals surface area contributed by atoms with E-state index in [-0.39, 0.29) is 6.61 Å². The van der Waals surface area contributed by atoms with Crippen LogP contribution in [0.5, 0.6) is 11.5 Å². The third-order valence-corrected chi connectivity index (χ3v) is 6.60. The third-order valence-electron chi connectivity index (χ3n) is 5.12. The summed E-state index contributed by atoms with van der Waals surface area (Å²) >= 11 is 1.20. The lowest BCUT2D eigenvalue weighted by Crippen LogP contribution is -2.55. The van der Waals surface area contributed by atoms with Crippen molar-refractivity contribution in [3.05, 3.63) is 40.3 Å². The second-order valence-corrected chi connectivity index (χ2v) is 8.24. The van der Waals surface area contributed by atoms with Gasteiger partial charge in [-0.2, -0.15) is 5.26 Å². The van der Waals surface area contributed by atoms with Crippen LogP contribution >= 0.6 is 11.8 Å². The van der Waals surface area contributed by atoms with Gasteiger partial charge in [0.05, 0.1) is 26.9 Å². The van der Waals surface area contributed by atoms with Crippen LogP contribution in [0.15, 0.2) is 34.8 Å². The van der Waals surface area contributed by atoms with Crippen molar-refractivity contribution in [1.29, 1.82) is 5.26 Å². The fourth-order valence-corrected chi connectivity index (χ4v) is 5.25. The SMILES string of the molecule is CCOC(=O)C1(NC(=O)/C=C/c2cccc(OC)c2OC)SC2=C(CCNC2)C1C#N. The highest BCUT2D eigenvalue weighted by atomic mass is 32.2. The molecule has 0 radical (unpaired) electrons. The van der Waals surface area contributed by atoms with E-state index in [2.05, 4.69) is 16.7 Å². The topological polar surface area (TPSA) is 110 Å². The van der Waals surface area contributed by atoms with E-state index >= 15 is 0 Å². The molecule has 9 heteroatoms. The molecule has 0 fully saturated rings. The van der Waals surface area contributed by atoms with Crippen molar-refractivity contribution in [3.8, 4) is 17.6 Å². The molecule has 1 amide bonds. The predicted octanol–water partition coefficient (Wildman–Crippen LogP) is 2.23. The molecule has 3 rings (SSSR count). The molecule has 1 aromatic rings. The molecular weight excluding hydrogens is 418 g/mol. The lowest BCUT2D eigenvalue weighted by atomic mass is 9.88. The number of carbonyl (C=O) groups excluding carboxylic acids is 2. The number of para-hydroxylation sites is 1. The number of nitriles is 1. The van der Waals surface area contributed by atoms with Crippen LogP contribution in [0.4, 0.5) is 0 Å². The minimum atomic E-state index is -1.51. The quantitative estimate of drug-likeness (QED) is 0.488. The normalized spacial score (nSPS) is 22.6. The van der Waals surface area contributed by atoms with Gasteiger partial charge >= 0.3 is 5.97 Å². The molecule has 0 saturated carbocycles. The smallest absolute Gasteiger partial charge is 0.344 e. The van der Waals surface area contributed by atoms with Crippen LogP contribution in [0.3, 0.4) is 0 Å². The molecule has 2 atom stereocenters. The van der Waals surface area contributed by atoms with Crippen molar-refractivity contribution < 1.29 is 23.8 Å². The molecule has 1 aromatic carbocycles. The molecule has 0 spiro atoms. The number of carbonyl (C=O) groups is 2. The first kappa shape index (κ1) is 22.7. The zero-order valence-corrected chi connectivity index (χ0v) is 18.5. The van der Waals surface area contributed by atoms with E-state index in [1.165, 1.54) is 32.1 Å². The number of nitrogens with one attached hydrogen (secondary N) is 2. The molecule has 2 N–H and O–H groups in total. The Labute approximate surface area is 185 Å². The Hall–Kier alpha value is -2.96. The number of hydrogen-bond acceptors (Lipinski definition) is 8. The Bertz CT molecular complexity index is 968. The standard InChI is InChI=1S/C22H25N3O5S/c1-4-30-21(27)22(16(12-23)15-10-11-24-13-18(15)31-22)25-19(26)9-8-14-6-5-7-17(28-2)20(14)29-3/h5-9,16,24H,4,10-11,13H2,1-3H3,(H,25,26)/b9-8+. The number of ether oxygens (including phenoxy) is 3. The van der Waals surface area contributed by atoms with Crippen LogP contribution in [0.1, 0.15) is 18.9 Å². The van der Waals surface area contributed by atoms with Crippen molar-refractivity contribution in [2.45, 2.75) is 18.2 Å². The Morgan fingerprint density at radius 2 is 2.19 bits per heavy atom. The molecular formula is C22H25N3O5S. The van der Waals surface area contributed by atoms with Gasteiger partial charge in [0.1, 0.15) is 5.92 Å². The van der Waals surface area contributed by atoms with Crippen LogP contribution in [0, 0.1) is 17.2 Å². The van der Waals surface area contributed by atoms with Crippen molar-refractivity contribution in [1.82, 2.24) is 10.6 Å². The summed E-state index contributed by atoms with van der Waals surface area (Å²) in [5.41, 5.74) is 1.53. The van der Waals surface area contributed by atoms with Crippen LogP contribution in [-0.4, -0.2) is 50.7 Å². The van der Waals surface area contributed by atoms with Gasteiger partial charge in [0.15, 0.2) is 11.5 Å². The largest absolute Gasteiger partial charge is 0.493 e. The summed E-state index contributed by atoms with van der Waals surface area (Å²) in [5.74, 6) is -0.909. The average Bonchev–Trinajstić information content (AvgIpc) is 3.11. The summed E-state index contributed by atoms with van der Waals surface area (Å²) in [4.78, 5) is 25.2. The first-order valence-electron chi connectivity index (χ1n) is 9.90. The van der Waals surface area contributed by atoms with Gasteiger partial charge in [0.2, 0.25) is 10.8 Å². The van der Waals surface area contributed by atoms with Gasteiger partial charge < -0.3 is 24.8 Å². The maximum atomic E-state index is 13.0. The molecule has 0 aliphatic carbocycles. The molecule has 0 bridgehead atoms. The number of amides is 1. The zero-order valence-electron chi connectivity index (χ0n) is 17.7. The maximum absolute atomic E-state index is 13.0. The summed E-state index contributed by atoms with van der Waals surface area (Å²) in [6, 6.07) is 7.53. The van der Waals surface area contributed by atoms with Crippen LogP contribution in [-0.2, 0) is 14.3 Å². The zero-order chi connectivity index (χ0) is 22.4. The van der Waals surface area contributed by atoms with Gasteiger partial charge in [-0.1, -0.05) is 23.9 Å². The van der Waals surface area contributed by atoms with E-state index in [0.29, 0.717) is 30.0 Å². The molecule has 0 aromatic heterocycles. The summed E-state index contributed by atoms with van der Waals surface area (Å²) in [5, 5.41) is 15.9. The van der Waals surface area contributed by atoms with E-state index in [9.17, 15) is 14.9 Å². The van der Waals surface area contributed by atoms with E-state index in [1.54, 1.807) is 31.2 Å². The van der Waals surface area contributed by atoms with Crippen LogP contribution in [0.25, 0.3) is 6.08 Å². The van der Waals surface area contributed by atoms with E-state index in [1.807, 2.05) is 0 Å². The van der Waals surface area contributed by atoms with Crippen LogP contribution < -0.4 is 20.1 Å². The van der Waals surface area contributed by atoms with Crippen molar-refractivity contribution >= 4 is 29.7 Å². The van der Waals surface area contributed by atoms with Gasteiger partial charge in [0.25, 0.3) is 0 Å². The fraction of sp³-hybridized carbons (Fsp3) is 0.409. The monoisotopic (exact) mass is 443 g/mol. The van der Waals surface area contributed by atoms with E-state index < -0.39 is 22.7 Å². The minimum absolute atomic E-state index is 0.148. The van der Waals surface area contributed by atoms with Gasteiger partial charge in [-0.25, -0.2) is 4.79 Å². The minimum Gasteiger partial charge on any atom is -0.493 e. The van der Waals surface area contributed by atoms with Crippen molar-refractivity contribution in [3.63, 3.8) is 0 Å². The van der Waals surface area contributed by atoms with Crippen molar-refractivity contribution in [2.75, 3.05) is 33.9 Å². The summed E-state index contributed by atoms with van der Waals surface area (Å²) in [6.45, 7) is 3.12. The number of hydrogen-bond donors (Lipinski definition) is 2. The molecule has 2 aliphatic rings. The third kappa shape index (κ3) is 4.40. The number of benzene rings is 1. The highest BCUT2D eigenvalue weighted by Gasteiger charge is 2.56. The summed E-state index contributed by atoms with van der Waals surface area (Å²) < 4.78 is 15.9. The summed E-state index contributed by atoms with van der Waals surface area (Å²) in [6.07, 6.45) is 3.53.